The van der Waals surface area contributed by atoms with Gasteiger partial charge >= 0.3 is 0 Å². The zero-order chi connectivity index (χ0) is 23.6. The molecule has 2 aliphatic heterocycles. The van der Waals surface area contributed by atoms with Gasteiger partial charge in [-0.05, 0) is 62.1 Å². The largest absolute Gasteiger partial charge is 0.352 e. The van der Waals surface area contributed by atoms with Gasteiger partial charge in [0.1, 0.15) is 6.17 Å². The van der Waals surface area contributed by atoms with E-state index in [0.29, 0.717) is 0 Å². The number of rotatable bonds is 8. The molecule has 2 aromatic rings. The van der Waals surface area contributed by atoms with Crippen molar-refractivity contribution in [2.24, 2.45) is 4.99 Å². The Kier molecular flexibility index (Phi) is 7.16. The van der Waals surface area contributed by atoms with Crippen LogP contribution in [0.2, 0.25) is 0 Å². The summed E-state index contributed by atoms with van der Waals surface area (Å²) in [6.07, 6.45) is 5.63. The van der Waals surface area contributed by atoms with Gasteiger partial charge in [-0.2, -0.15) is 8.42 Å². The normalized spacial score (nSPS) is 18.5. The van der Waals surface area contributed by atoms with Crippen molar-refractivity contribution in [2.45, 2.75) is 62.0 Å². The molecule has 2 atom stereocenters. The summed E-state index contributed by atoms with van der Waals surface area (Å²) in [7, 11) is -4.12. The van der Waals surface area contributed by atoms with Crippen LogP contribution in [-0.2, 0) is 16.5 Å². The molecule has 1 N–H and O–H groups in total. The number of nitrogens with zero attached hydrogens (tertiary/aromatic N) is 3. The number of benzene rings is 2. The number of para-hydroxylation sites is 1. The van der Waals surface area contributed by atoms with Crippen LogP contribution in [-0.4, -0.2) is 48.6 Å². The molecule has 176 valence electrons. The fourth-order valence-corrected chi connectivity index (χ4v) is 6.26. The summed E-state index contributed by atoms with van der Waals surface area (Å²) in [5, 5.41) is 0. The highest BCUT2D eigenvalue weighted by Crippen LogP contribution is 2.50. The summed E-state index contributed by atoms with van der Waals surface area (Å²) in [6.45, 7) is 7.11. The number of likely N-dealkylation sites (N-methyl/N-ethyl adjacent to an activating group) is 1. The Morgan fingerprint density at radius 3 is 2.52 bits per heavy atom. The SMILES string of the molecule is CCC1=CC=NC(C(CCS(=O)(=O)O)N2c3ccccc3Sc3ccc(CC)cc32)N1CC. The number of allylic oxidation sites excluding steroid dienone is 2. The topological polar surface area (TPSA) is 73.2 Å². The first-order chi connectivity index (χ1) is 15.9. The van der Waals surface area contributed by atoms with E-state index in [-0.39, 0.29) is 24.4 Å². The maximum Gasteiger partial charge on any atom is 0.264 e. The molecular formula is C25H31N3O3S2. The Hall–Kier alpha value is -2.29. The van der Waals surface area contributed by atoms with Gasteiger partial charge in [0.25, 0.3) is 10.1 Å². The molecule has 0 radical (unpaired) electrons. The lowest BCUT2D eigenvalue weighted by atomic mass is 10.0. The molecule has 2 heterocycles. The van der Waals surface area contributed by atoms with Gasteiger partial charge in [0.2, 0.25) is 0 Å². The van der Waals surface area contributed by atoms with Crippen LogP contribution in [0.4, 0.5) is 11.4 Å². The second-order valence-electron chi connectivity index (χ2n) is 8.25. The average Bonchev–Trinajstić information content (AvgIpc) is 2.82. The maximum absolute atomic E-state index is 11.8. The highest BCUT2D eigenvalue weighted by atomic mass is 32.2. The Morgan fingerprint density at radius 2 is 1.82 bits per heavy atom. The lowest BCUT2D eigenvalue weighted by Crippen LogP contribution is -2.51. The molecule has 0 aliphatic carbocycles. The molecule has 0 spiro atoms. The summed E-state index contributed by atoms with van der Waals surface area (Å²) < 4.78 is 33.3. The first-order valence-electron chi connectivity index (χ1n) is 11.5. The first-order valence-corrected chi connectivity index (χ1v) is 13.9. The van der Waals surface area contributed by atoms with Crippen molar-refractivity contribution in [1.29, 1.82) is 0 Å². The van der Waals surface area contributed by atoms with Gasteiger partial charge in [-0.1, -0.05) is 43.8 Å². The lowest BCUT2D eigenvalue weighted by molar-refractivity contribution is 0.224. The monoisotopic (exact) mass is 485 g/mol. The lowest BCUT2D eigenvalue weighted by Gasteiger charge is -2.46. The second kappa shape index (κ2) is 9.91. The standard InChI is InChI=1S/C25H31N3O3S2/c1-4-18-11-12-24-22(17-18)28(20-9-7-8-10-23(20)32-24)21(14-16-33(29,30)31)25-26-15-13-19(5-2)27(25)6-3/h7-13,15,17,21,25H,4-6,14,16H2,1-3H3,(H,29,30,31). The third-order valence-corrected chi connectivity index (χ3v) is 8.16. The van der Waals surface area contributed by atoms with E-state index in [4.69, 9.17) is 4.99 Å². The van der Waals surface area contributed by atoms with Crippen molar-refractivity contribution in [3.05, 3.63) is 59.8 Å². The zero-order valence-electron chi connectivity index (χ0n) is 19.3. The predicted octanol–water partition coefficient (Wildman–Crippen LogP) is 5.52. The number of fused-ring (bicyclic) bond motifs is 2. The van der Waals surface area contributed by atoms with Crippen LogP contribution in [0.3, 0.4) is 0 Å². The summed E-state index contributed by atoms with van der Waals surface area (Å²) in [5.41, 5.74) is 4.51. The zero-order valence-corrected chi connectivity index (χ0v) is 20.9. The van der Waals surface area contributed by atoms with E-state index in [1.165, 1.54) is 11.3 Å². The van der Waals surface area contributed by atoms with Crippen LogP contribution in [0.25, 0.3) is 0 Å². The number of aliphatic imine (C=N–C) groups is 1. The van der Waals surface area contributed by atoms with Gasteiger partial charge in [0.05, 0.1) is 23.2 Å². The van der Waals surface area contributed by atoms with Crippen molar-refractivity contribution in [3.8, 4) is 0 Å². The Bertz CT molecular complexity index is 1180. The fraction of sp³-hybridized carbons (Fsp3) is 0.400. The maximum atomic E-state index is 11.8. The van der Waals surface area contributed by atoms with E-state index < -0.39 is 10.1 Å². The van der Waals surface area contributed by atoms with Crippen LogP contribution in [0.5, 0.6) is 0 Å². The molecule has 2 unspecified atom stereocenters. The Labute approximate surface area is 201 Å². The molecule has 0 fully saturated rings. The minimum atomic E-state index is -4.12. The third-order valence-electron chi connectivity index (χ3n) is 6.28. The minimum absolute atomic E-state index is 0.253. The van der Waals surface area contributed by atoms with Gasteiger partial charge in [-0.25, -0.2) is 0 Å². The molecule has 2 aliphatic rings. The molecule has 0 amide bonds. The third kappa shape index (κ3) is 4.98. The summed E-state index contributed by atoms with van der Waals surface area (Å²) in [4.78, 5) is 11.6. The van der Waals surface area contributed by atoms with Gasteiger partial charge < -0.3 is 9.80 Å². The fourth-order valence-electron chi connectivity index (χ4n) is 4.67. The van der Waals surface area contributed by atoms with Gasteiger partial charge in [0.15, 0.2) is 0 Å². The molecule has 0 aromatic heterocycles. The van der Waals surface area contributed by atoms with Crippen molar-refractivity contribution < 1.29 is 13.0 Å². The number of hydrogen-bond acceptors (Lipinski definition) is 6. The van der Waals surface area contributed by atoms with E-state index >= 15 is 0 Å². The number of anilines is 2. The summed E-state index contributed by atoms with van der Waals surface area (Å²) in [5.74, 6) is -0.318. The molecule has 33 heavy (non-hydrogen) atoms. The number of hydrogen-bond donors (Lipinski definition) is 1. The Morgan fingerprint density at radius 1 is 1.06 bits per heavy atom. The summed E-state index contributed by atoms with van der Waals surface area (Å²) in [6, 6.07) is 14.5. The van der Waals surface area contributed by atoms with Gasteiger partial charge in [0, 0.05) is 28.2 Å². The second-order valence-corrected chi connectivity index (χ2v) is 10.9. The molecule has 8 heteroatoms. The van der Waals surface area contributed by atoms with E-state index in [0.717, 1.165) is 40.6 Å². The highest BCUT2D eigenvalue weighted by Gasteiger charge is 2.38. The highest BCUT2D eigenvalue weighted by molar-refractivity contribution is 7.99. The number of aryl methyl sites for hydroxylation is 1. The average molecular weight is 486 g/mol. The first kappa shape index (κ1) is 23.9. The van der Waals surface area contributed by atoms with Crippen molar-refractivity contribution in [2.75, 3.05) is 17.2 Å². The van der Waals surface area contributed by atoms with Gasteiger partial charge in [-0.3, -0.25) is 9.55 Å². The molecular weight excluding hydrogens is 454 g/mol. The smallest absolute Gasteiger partial charge is 0.264 e. The van der Waals surface area contributed by atoms with Gasteiger partial charge in [-0.15, -0.1) is 0 Å². The van der Waals surface area contributed by atoms with E-state index in [9.17, 15) is 13.0 Å². The molecule has 0 bridgehead atoms. The molecule has 0 saturated heterocycles. The van der Waals surface area contributed by atoms with E-state index in [1.807, 2.05) is 24.4 Å². The van der Waals surface area contributed by atoms with Crippen LogP contribution in [0, 0.1) is 0 Å². The van der Waals surface area contributed by atoms with Crippen molar-refractivity contribution in [3.63, 3.8) is 0 Å². The van der Waals surface area contributed by atoms with E-state index in [2.05, 4.69) is 60.9 Å². The molecule has 4 rings (SSSR count). The van der Waals surface area contributed by atoms with Crippen LogP contribution < -0.4 is 4.90 Å². The van der Waals surface area contributed by atoms with Crippen LogP contribution in [0.1, 0.15) is 39.2 Å². The minimum Gasteiger partial charge on any atom is -0.352 e. The van der Waals surface area contributed by atoms with Crippen molar-refractivity contribution in [1.82, 2.24) is 4.90 Å². The predicted molar refractivity (Wildman–Crippen MR) is 136 cm³/mol. The van der Waals surface area contributed by atoms with Crippen LogP contribution >= 0.6 is 11.8 Å². The van der Waals surface area contributed by atoms with E-state index in [1.54, 1.807) is 11.8 Å². The molecule has 2 aromatic carbocycles. The molecule has 0 saturated carbocycles. The Balaban J connectivity index is 1.88. The quantitative estimate of drug-likeness (QED) is 0.496. The van der Waals surface area contributed by atoms with Crippen molar-refractivity contribution >= 4 is 39.5 Å². The summed E-state index contributed by atoms with van der Waals surface area (Å²) >= 11 is 1.73. The molecule has 6 nitrogen and oxygen atoms in total. The van der Waals surface area contributed by atoms with Crippen LogP contribution in [0.15, 0.2) is 69.0 Å².